The Morgan fingerprint density at radius 2 is 2.06 bits per heavy atom. The highest BCUT2D eigenvalue weighted by Crippen LogP contribution is 2.23. The van der Waals surface area contributed by atoms with Gasteiger partial charge in [-0.15, -0.1) is 6.42 Å². The summed E-state index contributed by atoms with van der Waals surface area (Å²) in [6.45, 7) is 3.05. The lowest BCUT2D eigenvalue weighted by molar-refractivity contribution is -0.117. The fraction of sp³-hybridized carbons (Fsp3) is 0.500. The summed E-state index contributed by atoms with van der Waals surface area (Å²) in [7, 11) is 0. The molecule has 0 unspecified atom stereocenters. The van der Waals surface area contributed by atoms with E-state index < -0.39 is 23.7 Å². The molecule has 0 aromatic heterocycles. The van der Waals surface area contributed by atoms with Crippen LogP contribution < -0.4 is 5.73 Å². The second-order valence-electron chi connectivity index (χ2n) is 4.25. The second kappa shape index (κ2) is 7.68. The Bertz CT molecular complexity index is 397. The van der Waals surface area contributed by atoms with Crippen molar-refractivity contribution in [2.24, 2.45) is 11.7 Å². The first-order chi connectivity index (χ1) is 8.38. The highest BCUT2D eigenvalue weighted by atomic mass is 16.3. The van der Waals surface area contributed by atoms with Crippen molar-refractivity contribution in [2.45, 2.75) is 38.0 Å². The summed E-state index contributed by atoms with van der Waals surface area (Å²) < 4.78 is 0. The summed E-state index contributed by atoms with van der Waals surface area (Å²) in [5, 5.41) is 19.9. The van der Waals surface area contributed by atoms with Crippen molar-refractivity contribution in [1.82, 2.24) is 0 Å². The summed E-state index contributed by atoms with van der Waals surface area (Å²) in [6.07, 6.45) is 7.47. The molecule has 0 bridgehead atoms. The fourth-order valence-electron chi connectivity index (χ4n) is 1.47. The van der Waals surface area contributed by atoms with Gasteiger partial charge in [-0.2, -0.15) is 0 Å². The molecule has 0 amide bonds. The SMILES string of the molecule is C#C/C=C\C#C[C@H](N)[C@](O)(C[C@@H](C)C=O)[C@@H](C)O. The Balaban J connectivity index is 4.97. The maximum Gasteiger partial charge on any atom is 0.122 e. The van der Waals surface area contributed by atoms with Gasteiger partial charge in [-0.05, 0) is 25.5 Å². The van der Waals surface area contributed by atoms with Crippen molar-refractivity contribution in [3.63, 3.8) is 0 Å². The van der Waals surface area contributed by atoms with Gasteiger partial charge in [-0.1, -0.05) is 24.7 Å². The van der Waals surface area contributed by atoms with E-state index in [1.165, 1.54) is 19.1 Å². The predicted molar refractivity (Wildman–Crippen MR) is 70.2 cm³/mol. The predicted octanol–water partition coefficient (Wildman–Crippen LogP) is -0.157. The number of aldehydes is 1. The van der Waals surface area contributed by atoms with Crippen molar-refractivity contribution in [3.05, 3.63) is 12.2 Å². The quantitative estimate of drug-likeness (QED) is 0.467. The van der Waals surface area contributed by atoms with Gasteiger partial charge in [-0.25, -0.2) is 0 Å². The minimum atomic E-state index is -1.63. The van der Waals surface area contributed by atoms with Crippen LogP contribution in [0, 0.1) is 30.1 Å². The Kier molecular flexibility index (Phi) is 7.00. The molecule has 0 aliphatic carbocycles. The van der Waals surface area contributed by atoms with Crippen LogP contribution in [0.1, 0.15) is 20.3 Å². The molecule has 0 fully saturated rings. The lowest BCUT2D eigenvalue weighted by atomic mass is 9.82. The summed E-state index contributed by atoms with van der Waals surface area (Å²) in [5.74, 6) is 7.01. The van der Waals surface area contributed by atoms with E-state index in [0.717, 1.165) is 0 Å². The molecule has 0 aromatic rings. The van der Waals surface area contributed by atoms with E-state index in [1.54, 1.807) is 6.92 Å². The van der Waals surface area contributed by atoms with Gasteiger partial charge in [0.2, 0.25) is 0 Å². The van der Waals surface area contributed by atoms with Crippen LogP contribution in [-0.2, 0) is 4.79 Å². The molecular formula is C14H19NO3. The molecule has 4 atom stereocenters. The van der Waals surface area contributed by atoms with Crippen LogP contribution in [0.4, 0.5) is 0 Å². The number of terminal acetylenes is 1. The smallest absolute Gasteiger partial charge is 0.122 e. The molecule has 0 aliphatic rings. The lowest BCUT2D eigenvalue weighted by Crippen LogP contribution is -2.55. The lowest BCUT2D eigenvalue weighted by Gasteiger charge is -2.35. The summed E-state index contributed by atoms with van der Waals surface area (Å²) in [6, 6.07) is -0.970. The highest BCUT2D eigenvalue weighted by molar-refractivity contribution is 5.53. The first kappa shape index (κ1) is 16.4. The monoisotopic (exact) mass is 249 g/mol. The number of hydrogen-bond donors (Lipinski definition) is 3. The minimum Gasteiger partial charge on any atom is -0.390 e. The van der Waals surface area contributed by atoms with Gasteiger partial charge in [0.05, 0.1) is 12.1 Å². The molecule has 98 valence electrons. The molecule has 0 aliphatic heterocycles. The number of allylic oxidation sites excluding steroid dienone is 2. The van der Waals surface area contributed by atoms with Gasteiger partial charge in [-0.3, -0.25) is 0 Å². The molecule has 0 heterocycles. The molecule has 0 saturated carbocycles. The van der Waals surface area contributed by atoms with Crippen LogP contribution in [-0.4, -0.2) is 34.2 Å². The van der Waals surface area contributed by atoms with Crippen molar-refractivity contribution < 1.29 is 15.0 Å². The average molecular weight is 249 g/mol. The number of aliphatic hydroxyl groups is 2. The molecule has 18 heavy (non-hydrogen) atoms. The zero-order valence-corrected chi connectivity index (χ0v) is 10.6. The Morgan fingerprint density at radius 3 is 2.50 bits per heavy atom. The Labute approximate surface area is 108 Å². The van der Waals surface area contributed by atoms with Crippen molar-refractivity contribution >= 4 is 6.29 Å². The van der Waals surface area contributed by atoms with E-state index in [0.29, 0.717) is 6.29 Å². The first-order valence-electron chi connectivity index (χ1n) is 5.62. The number of hydrogen-bond acceptors (Lipinski definition) is 4. The van der Waals surface area contributed by atoms with Gasteiger partial charge in [0, 0.05) is 5.92 Å². The highest BCUT2D eigenvalue weighted by Gasteiger charge is 2.39. The first-order valence-corrected chi connectivity index (χ1v) is 5.62. The van der Waals surface area contributed by atoms with Gasteiger partial charge >= 0.3 is 0 Å². The zero-order valence-electron chi connectivity index (χ0n) is 10.6. The number of aliphatic hydroxyl groups excluding tert-OH is 1. The summed E-state index contributed by atoms with van der Waals surface area (Å²) in [5.41, 5.74) is 4.13. The van der Waals surface area contributed by atoms with E-state index in [1.807, 2.05) is 0 Å². The van der Waals surface area contributed by atoms with Crippen molar-refractivity contribution in [2.75, 3.05) is 0 Å². The van der Waals surface area contributed by atoms with E-state index in [4.69, 9.17) is 12.2 Å². The molecular weight excluding hydrogens is 230 g/mol. The van der Waals surface area contributed by atoms with Gasteiger partial charge in [0.1, 0.15) is 11.9 Å². The fourth-order valence-corrected chi connectivity index (χ4v) is 1.47. The molecule has 0 spiro atoms. The maximum atomic E-state index is 10.6. The van der Waals surface area contributed by atoms with Gasteiger partial charge < -0.3 is 20.7 Å². The average Bonchev–Trinajstić information content (AvgIpc) is 2.33. The molecule has 0 aromatic carbocycles. The van der Waals surface area contributed by atoms with E-state index in [-0.39, 0.29) is 6.42 Å². The topological polar surface area (TPSA) is 83.5 Å². The van der Waals surface area contributed by atoms with Crippen LogP contribution >= 0.6 is 0 Å². The van der Waals surface area contributed by atoms with Gasteiger partial charge in [0.15, 0.2) is 0 Å². The van der Waals surface area contributed by atoms with Crippen LogP contribution in [0.3, 0.4) is 0 Å². The van der Waals surface area contributed by atoms with Crippen LogP contribution in [0.15, 0.2) is 12.2 Å². The van der Waals surface area contributed by atoms with Crippen molar-refractivity contribution in [1.29, 1.82) is 0 Å². The molecule has 0 saturated heterocycles. The minimum absolute atomic E-state index is 0.0445. The second-order valence-corrected chi connectivity index (χ2v) is 4.25. The normalized spacial score (nSPS) is 18.9. The number of carbonyl (C=O) groups is 1. The largest absolute Gasteiger partial charge is 0.390 e. The molecule has 4 heteroatoms. The number of rotatable bonds is 5. The van der Waals surface area contributed by atoms with E-state index in [9.17, 15) is 15.0 Å². The Morgan fingerprint density at radius 1 is 1.44 bits per heavy atom. The number of carbonyl (C=O) groups excluding carboxylic acids is 1. The van der Waals surface area contributed by atoms with Gasteiger partial charge in [0.25, 0.3) is 0 Å². The third-order valence-electron chi connectivity index (χ3n) is 2.65. The third-order valence-corrected chi connectivity index (χ3v) is 2.65. The van der Waals surface area contributed by atoms with Crippen LogP contribution in [0.25, 0.3) is 0 Å². The standard InChI is InChI=1S/C14H19NO3/c1-4-5-6-7-8-13(15)14(18,12(3)17)9-11(2)10-16/h1,5-6,10-13,17-18H,9,15H2,2-3H3/b6-5-/t11-,12-,13+,14+/m1/s1. The molecule has 4 nitrogen and oxygen atoms in total. The molecule has 4 N–H and O–H groups in total. The van der Waals surface area contributed by atoms with Crippen molar-refractivity contribution in [3.8, 4) is 24.2 Å². The van der Waals surface area contributed by atoms with Crippen LogP contribution in [0.2, 0.25) is 0 Å². The summed E-state index contributed by atoms with van der Waals surface area (Å²) >= 11 is 0. The number of nitrogens with two attached hydrogens (primary N) is 1. The third kappa shape index (κ3) is 4.73. The Hall–Kier alpha value is -1.59. The van der Waals surface area contributed by atoms with E-state index in [2.05, 4.69) is 17.8 Å². The summed E-state index contributed by atoms with van der Waals surface area (Å²) in [4.78, 5) is 10.6. The molecule has 0 rings (SSSR count). The zero-order chi connectivity index (χ0) is 14.2. The maximum absolute atomic E-state index is 10.6. The van der Waals surface area contributed by atoms with Crippen LogP contribution in [0.5, 0.6) is 0 Å². The van der Waals surface area contributed by atoms with E-state index >= 15 is 0 Å². The molecule has 0 radical (unpaired) electrons.